The Morgan fingerprint density at radius 2 is 0.635 bits per heavy atom. The van der Waals surface area contributed by atoms with Gasteiger partial charge < -0.3 is 20.3 Å². The van der Waals surface area contributed by atoms with Gasteiger partial charge in [0.2, 0.25) is 5.91 Å². The van der Waals surface area contributed by atoms with Crippen LogP contribution in [0.2, 0.25) is 0 Å². The van der Waals surface area contributed by atoms with Gasteiger partial charge in [0.15, 0.2) is 0 Å². The minimum atomic E-state index is -0.669. The number of carbonyl (C=O) groups excluding carboxylic acids is 2. The van der Waals surface area contributed by atoms with Gasteiger partial charge in [-0.15, -0.1) is 0 Å². The minimum absolute atomic E-state index is 0.00739. The topological polar surface area (TPSA) is 95.9 Å². The second-order valence-electron chi connectivity index (χ2n) is 23.1. The highest BCUT2D eigenvalue weighted by atomic mass is 16.5. The standard InChI is InChI=1S/C68H131NO5/c1-3-5-7-9-11-13-15-17-19-21-29-32-36-40-44-48-52-56-60-66(71)65(64-70)69-67(72)61-57-53-49-45-41-37-33-30-26-24-22-23-25-27-31-35-39-43-47-51-55-59-63-74-68(73)62-58-54-50-46-42-38-34-28-20-18-16-14-12-10-8-6-4-2/h18,20,24,26,65-66,70-71H,3-17,19,21-23,25,27-64H2,1-2H3,(H,69,72)/b20-18-,26-24-. The van der Waals surface area contributed by atoms with Crippen LogP contribution < -0.4 is 5.32 Å². The van der Waals surface area contributed by atoms with E-state index in [0.717, 1.165) is 44.9 Å². The molecule has 0 radical (unpaired) electrons. The van der Waals surface area contributed by atoms with Crippen LogP contribution in [-0.4, -0.2) is 47.4 Å². The van der Waals surface area contributed by atoms with Crippen molar-refractivity contribution < 1.29 is 24.5 Å². The molecule has 0 rings (SSSR count). The van der Waals surface area contributed by atoms with Gasteiger partial charge in [-0.3, -0.25) is 9.59 Å². The Morgan fingerprint density at radius 1 is 0.365 bits per heavy atom. The number of aliphatic hydroxyl groups excluding tert-OH is 2. The van der Waals surface area contributed by atoms with E-state index in [4.69, 9.17) is 4.74 Å². The summed E-state index contributed by atoms with van der Waals surface area (Å²) in [5.41, 5.74) is 0. The van der Waals surface area contributed by atoms with E-state index in [1.165, 1.54) is 295 Å². The SMILES string of the molecule is CCCCCCCC/C=C\CCCCCCCCCC(=O)OCCCCCCCCCCCCC/C=C\CCCCCCCCCC(=O)NC(CO)C(O)CCCCCCCCCCCCCCCCCCCC. The highest BCUT2D eigenvalue weighted by Crippen LogP contribution is 2.18. The number of allylic oxidation sites excluding steroid dienone is 4. The molecular formula is C68H131NO5. The predicted octanol–water partition coefficient (Wildman–Crippen LogP) is 21.4. The molecule has 438 valence electrons. The first kappa shape index (κ1) is 72.3. The lowest BCUT2D eigenvalue weighted by Crippen LogP contribution is -2.45. The third kappa shape index (κ3) is 59.6. The van der Waals surface area contributed by atoms with Crippen molar-refractivity contribution in [1.29, 1.82) is 0 Å². The van der Waals surface area contributed by atoms with E-state index in [2.05, 4.69) is 43.5 Å². The number of unbranched alkanes of at least 4 members (excludes halogenated alkanes) is 48. The van der Waals surface area contributed by atoms with Crippen molar-refractivity contribution in [3.05, 3.63) is 24.3 Å². The van der Waals surface area contributed by atoms with Crippen molar-refractivity contribution in [2.45, 2.75) is 386 Å². The molecule has 0 aromatic heterocycles. The quantitative estimate of drug-likeness (QED) is 0.0320. The molecule has 0 aliphatic heterocycles. The van der Waals surface area contributed by atoms with Crippen LogP contribution in [0.25, 0.3) is 0 Å². The summed E-state index contributed by atoms with van der Waals surface area (Å²) in [4.78, 5) is 24.6. The van der Waals surface area contributed by atoms with Crippen LogP contribution >= 0.6 is 0 Å². The number of amides is 1. The van der Waals surface area contributed by atoms with Gasteiger partial charge in [0.1, 0.15) is 0 Å². The highest BCUT2D eigenvalue weighted by Gasteiger charge is 2.20. The highest BCUT2D eigenvalue weighted by molar-refractivity contribution is 5.76. The summed E-state index contributed by atoms with van der Waals surface area (Å²) in [5.74, 6) is -0.0314. The molecule has 6 heteroatoms. The number of hydrogen-bond acceptors (Lipinski definition) is 5. The van der Waals surface area contributed by atoms with E-state index in [0.29, 0.717) is 25.9 Å². The molecule has 0 saturated heterocycles. The lowest BCUT2D eigenvalue weighted by atomic mass is 10.0. The fourth-order valence-corrected chi connectivity index (χ4v) is 10.6. The van der Waals surface area contributed by atoms with E-state index in [-0.39, 0.29) is 18.5 Å². The Labute approximate surface area is 462 Å². The molecule has 0 spiro atoms. The molecule has 0 saturated carbocycles. The molecule has 0 fully saturated rings. The molecule has 74 heavy (non-hydrogen) atoms. The smallest absolute Gasteiger partial charge is 0.305 e. The Kier molecular flexibility index (Phi) is 62.4. The maximum Gasteiger partial charge on any atom is 0.305 e. The van der Waals surface area contributed by atoms with Crippen LogP contribution in [0.4, 0.5) is 0 Å². The Bertz CT molecular complexity index is 1150. The third-order valence-corrected chi connectivity index (χ3v) is 15.7. The summed E-state index contributed by atoms with van der Waals surface area (Å²) < 4.78 is 5.49. The monoisotopic (exact) mass is 1040 g/mol. The van der Waals surface area contributed by atoms with Gasteiger partial charge in [0, 0.05) is 12.8 Å². The number of hydrogen-bond donors (Lipinski definition) is 3. The summed E-state index contributed by atoms with van der Waals surface area (Å²) in [6.07, 6.45) is 79.1. The van der Waals surface area contributed by atoms with Crippen molar-refractivity contribution in [1.82, 2.24) is 5.32 Å². The van der Waals surface area contributed by atoms with Gasteiger partial charge in [0.25, 0.3) is 0 Å². The fraction of sp³-hybridized carbons (Fsp3) is 0.912. The van der Waals surface area contributed by atoms with Crippen LogP contribution in [0.1, 0.15) is 373 Å². The number of rotatable bonds is 63. The zero-order valence-electron chi connectivity index (χ0n) is 50.1. The van der Waals surface area contributed by atoms with E-state index in [1.807, 2.05) is 0 Å². The summed E-state index contributed by atoms with van der Waals surface area (Å²) in [5, 5.41) is 23.4. The van der Waals surface area contributed by atoms with E-state index in [1.54, 1.807) is 0 Å². The molecule has 2 atom stereocenters. The number of aliphatic hydroxyl groups is 2. The van der Waals surface area contributed by atoms with Gasteiger partial charge in [-0.2, -0.15) is 0 Å². The zero-order valence-corrected chi connectivity index (χ0v) is 50.1. The molecule has 3 N–H and O–H groups in total. The molecule has 1 amide bonds. The van der Waals surface area contributed by atoms with Gasteiger partial charge in [-0.05, 0) is 77.0 Å². The number of carbonyl (C=O) groups is 2. The van der Waals surface area contributed by atoms with Crippen molar-refractivity contribution in [2.75, 3.05) is 13.2 Å². The maximum atomic E-state index is 12.5. The molecule has 0 aromatic rings. The lowest BCUT2D eigenvalue weighted by Gasteiger charge is -2.22. The molecule has 0 aromatic carbocycles. The number of nitrogens with one attached hydrogen (secondary N) is 1. The molecule has 0 bridgehead atoms. The summed E-state index contributed by atoms with van der Waals surface area (Å²) in [6.45, 7) is 4.97. The summed E-state index contributed by atoms with van der Waals surface area (Å²) in [6, 6.07) is -0.547. The lowest BCUT2D eigenvalue weighted by molar-refractivity contribution is -0.143. The van der Waals surface area contributed by atoms with Crippen molar-refractivity contribution >= 4 is 11.9 Å². The van der Waals surface area contributed by atoms with Gasteiger partial charge in [0.05, 0.1) is 25.4 Å². The second-order valence-corrected chi connectivity index (χ2v) is 23.1. The van der Waals surface area contributed by atoms with Crippen LogP contribution in [0.5, 0.6) is 0 Å². The minimum Gasteiger partial charge on any atom is -0.466 e. The van der Waals surface area contributed by atoms with E-state index >= 15 is 0 Å². The second kappa shape index (κ2) is 63.9. The average molecular weight is 1040 g/mol. The van der Waals surface area contributed by atoms with Gasteiger partial charge in [-0.1, -0.05) is 308 Å². The summed E-state index contributed by atoms with van der Waals surface area (Å²) >= 11 is 0. The van der Waals surface area contributed by atoms with Crippen LogP contribution in [0.3, 0.4) is 0 Å². The molecule has 6 nitrogen and oxygen atoms in total. The molecular weight excluding hydrogens is 911 g/mol. The number of ether oxygens (including phenoxy) is 1. The van der Waals surface area contributed by atoms with E-state index in [9.17, 15) is 19.8 Å². The van der Waals surface area contributed by atoms with Gasteiger partial charge >= 0.3 is 5.97 Å². The first-order valence-electron chi connectivity index (χ1n) is 33.6. The Morgan fingerprint density at radius 3 is 0.959 bits per heavy atom. The molecule has 0 aliphatic carbocycles. The fourth-order valence-electron chi connectivity index (χ4n) is 10.6. The molecule has 2 unspecified atom stereocenters. The first-order valence-corrected chi connectivity index (χ1v) is 33.6. The van der Waals surface area contributed by atoms with Crippen LogP contribution in [0.15, 0.2) is 24.3 Å². The zero-order chi connectivity index (χ0) is 53.6. The normalized spacial score (nSPS) is 12.6. The molecule has 0 heterocycles. The number of esters is 1. The largest absolute Gasteiger partial charge is 0.466 e. The van der Waals surface area contributed by atoms with Crippen molar-refractivity contribution in [2.24, 2.45) is 0 Å². The maximum absolute atomic E-state index is 12.5. The Balaban J connectivity index is 3.41. The van der Waals surface area contributed by atoms with Crippen molar-refractivity contribution in [3.8, 4) is 0 Å². The van der Waals surface area contributed by atoms with Crippen LogP contribution in [0, 0.1) is 0 Å². The molecule has 0 aliphatic rings. The third-order valence-electron chi connectivity index (χ3n) is 15.7. The predicted molar refractivity (Wildman–Crippen MR) is 324 cm³/mol. The van der Waals surface area contributed by atoms with Crippen LogP contribution in [-0.2, 0) is 14.3 Å². The van der Waals surface area contributed by atoms with E-state index < -0.39 is 12.1 Å². The van der Waals surface area contributed by atoms with Gasteiger partial charge in [-0.25, -0.2) is 0 Å². The Hall–Kier alpha value is -1.66. The van der Waals surface area contributed by atoms with Crippen molar-refractivity contribution in [3.63, 3.8) is 0 Å². The average Bonchev–Trinajstić information content (AvgIpc) is 3.40. The summed E-state index contributed by atoms with van der Waals surface area (Å²) in [7, 11) is 0. The first-order chi connectivity index (χ1) is 36.5.